The number of nitrogens with one attached hydrogen (secondary N) is 2. The highest BCUT2D eigenvalue weighted by Crippen LogP contribution is 2.22. The molecule has 0 aliphatic carbocycles. The maximum absolute atomic E-state index is 12.1. The van der Waals surface area contributed by atoms with Crippen LogP contribution < -0.4 is 21.2 Å². The van der Waals surface area contributed by atoms with Crippen molar-refractivity contribution < 1.29 is 18.7 Å². The van der Waals surface area contributed by atoms with E-state index in [0.717, 1.165) is 22.3 Å². The van der Waals surface area contributed by atoms with Crippen molar-refractivity contribution in [2.75, 3.05) is 12.9 Å². The fourth-order valence-corrected chi connectivity index (χ4v) is 3.22. The minimum atomic E-state index is -0.525. The standard InChI is InChI=1S/C21H20N2O5S/c1-13-9-20(25)28-18-10-16(7-8-17(13)18)27-11-19(24)22-23-21(26)15-5-3-14(4-6-15)12-29-2/h3-10H,11-12H2,1-2H3,(H,22,24)(H,23,26). The number of hydrazine groups is 1. The summed E-state index contributed by atoms with van der Waals surface area (Å²) >= 11 is 1.70. The lowest BCUT2D eigenvalue weighted by molar-refractivity contribution is -0.123. The third kappa shape index (κ3) is 5.39. The molecule has 0 unspecified atom stereocenters. The zero-order valence-electron chi connectivity index (χ0n) is 16.0. The Labute approximate surface area is 171 Å². The molecule has 150 valence electrons. The number of benzene rings is 2. The van der Waals surface area contributed by atoms with Gasteiger partial charge in [0.15, 0.2) is 6.61 Å². The van der Waals surface area contributed by atoms with Gasteiger partial charge in [-0.2, -0.15) is 11.8 Å². The third-order valence-corrected chi connectivity index (χ3v) is 4.76. The molecule has 2 N–H and O–H groups in total. The quantitative estimate of drug-likeness (QED) is 0.477. The van der Waals surface area contributed by atoms with Gasteiger partial charge < -0.3 is 9.15 Å². The summed E-state index contributed by atoms with van der Waals surface area (Å²) in [5.74, 6) is 0.297. The SMILES string of the molecule is CSCc1ccc(C(=O)NNC(=O)COc2ccc3c(C)cc(=O)oc3c2)cc1. The Balaban J connectivity index is 1.52. The smallest absolute Gasteiger partial charge is 0.336 e. The predicted octanol–water partition coefficient (Wildman–Crippen LogP) is 2.80. The number of hydrogen-bond acceptors (Lipinski definition) is 6. The summed E-state index contributed by atoms with van der Waals surface area (Å²) in [6, 6.07) is 13.5. The van der Waals surface area contributed by atoms with Gasteiger partial charge in [0.05, 0.1) is 0 Å². The van der Waals surface area contributed by atoms with Crippen molar-refractivity contribution in [1.82, 2.24) is 10.9 Å². The second-order valence-electron chi connectivity index (χ2n) is 6.33. The first-order valence-corrected chi connectivity index (χ1v) is 10.2. The van der Waals surface area contributed by atoms with E-state index in [-0.39, 0.29) is 6.61 Å². The van der Waals surface area contributed by atoms with Gasteiger partial charge in [-0.1, -0.05) is 12.1 Å². The normalized spacial score (nSPS) is 10.6. The Morgan fingerprint density at radius 1 is 1.07 bits per heavy atom. The summed E-state index contributed by atoms with van der Waals surface area (Å²) < 4.78 is 10.6. The van der Waals surface area contributed by atoms with E-state index in [1.54, 1.807) is 42.1 Å². The molecule has 8 heteroatoms. The topological polar surface area (TPSA) is 97.6 Å². The molecule has 0 saturated carbocycles. The van der Waals surface area contributed by atoms with Crippen molar-refractivity contribution in [2.45, 2.75) is 12.7 Å². The number of carbonyl (C=O) groups is 2. The molecule has 7 nitrogen and oxygen atoms in total. The first-order valence-electron chi connectivity index (χ1n) is 8.80. The van der Waals surface area contributed by atoms with Gasteiger partial charge in [-0.05, 0) is 48.6 Å². The van der Waals surface area contributed by atoms with E-state index in [2.05, 4.69) is 10.9 Å². The van der Waals surface area contributed by atoms with Crippen molar-refractivity contribution in [3.63, 3.8) is 0 Å². The number of fused-ring (bicyclic) bond motifs is 1. The van der Waals surface area contributed by atoms with E-state index in [4.69, 9.17) is 9.15 Å². The fraction of sp³-hybridized carbons (Fsp3) is 0.190. The van der Waals surface area contributed by atoms with Crippen LogP contribution in [0.1, 0.15) is 21.5 Å². The molecule has 0 atom stereocenters. The molecular formula is C21H20N2O5S. The Morgan fingerprint density at radius 3 is 2.55 bits per heavy atom. The van der Waals surface area contributed by atoms with Crippen LogP contribution in [0.15, 0.2) is 57.7 Å². The van der Waals surface area contributed by atoms with Crippen molar-refractivity contribution in [3.8, 4) is 5.75 Å². The van der Waals surface area contributed by atoms with Gasteiger partial charge in [0.25, 0.3) is 11.8 Å². The number of hydrogen-bond donors (Lipinski definition) is 2. The molecule has 0 aliphatic heterocycles. The molecule has 1 aromatic heterocycles. The molecule has 2 amide bonds. The van der Waals surface area contributed by atoms with Crippen molar-refractivity contribution in [3.05, 3.63) is 75.6 Å². The minimum absolute atomic E-state index is 0.311. The molecule has 0 radical (unpaired) electrons. The molecule has 0 bridgehead atoms. The molecule has 0 fully saturated rings. The van der Waals surface area contributed by atoms with Gasteiger partial charge >= 0.3 is 5.63 Å². The van der Waals surface area contributed by atoms with Gasteiger partial charge in [-0.3, -0.25) is 20.4 Å². The van der Waals surface area contributed by atoms with Gasteiger partial charge in [0.2, 0.25) is 0 Å². The summed E-state index contributed by atoms with van der Waals surface area (Å²) in [7, 11) is 0. The van der Waals surface area contributed by atoms with E-state index >= 15 is 0 Å². The summed E-state index contributed by atoms with van der Waals surface area (Å²) in [6.07, 6.45) is 2.01. The van der Waals surface area contributed by atoms with E-state index in [1.165, 1.54) is 6.07 Å². The van der Waals surface area contributed by atoms with E-state index in [0.29, 0.717) is 16.9 Å². The third-order valence-electron chi connectivity index (χ3n) is 4.14. The number of amides is 2. The van der Waals surface area contributed by atoms with Crippen LogP contribution in [0.2, 0.25) is 0 Å². The van der Waals surface area contributed by atoms with Crippen LogP contribution in [0.4, 0.5) is 0 Å². The molecule has 29 heavy (non-hydrogen) atoms. The lowest BCUT2D eigenvalue weighted by Gasteiger charge is -2.10. The van der Waals surface area contributed by atoms with Crippen LogP contribution >= 0.6 is 11.8 Å². The zero-order valence-corrected chi connectivity index (χ0v) is 16.8. The van der Waals surface area contributed by atoms with Crippen molar-refractivity contribution in [1.29, 1.82) is 0 Å². The Morgan fingerprint density at radius 2 is 1.83 bits per heavy atom. The number of ether oxygens (including phenoxy) is 1. The number of thioether (sulfide) groups is 1. The lowest BCUT2D eigenvalue weighted by Crippen LogP contribution is -2.43. The van der Waals surface area contributed by atoms with Crippen LogP contribution in [0, 0.1) is 6.92 Å². The second-order valence-corrected chi connectivity index (χ2v) is 7.19. The Bertz CT molecular complexity index is 1090. The fourth-order valence-electron chi connectivity index (χ4n) is 2.70. The molecule has 0 aliphatic rings. The summed E-state index contributed by atoms with van der Waals surface area (Å²) in [6.45, 7) is 1.50. The van der Waals surface area contributed by atoms with Crippen molar-refractivity contribution in [2.24, 2.45) is 0 Å². The predicted molar refractivity (Wildman–Crippen MR) is 112 cm³/mol. The molecule has 2 aromatic carbocycles. The summed E-state index contributed by atoms with van der Waals surface area (Å²) in [4.78, 5) is 35.5. The maximum Gasteiger partial charge on any atom is 0.336 e. The van der Waals surface area contributed by atoms with Gasteiger partial charge in [0.1, 0.15) is 11.3 Å². The first kappa shape index (κ1) is 20.5. The van der Waals surface area contributed by atoms with Crippen LogP contribution in [-0.2, 0) is 10.5 Å². The van der Waals surface area contributed by atoms with Crippen LogP contribution in [-0.4, -0.2) is 24.7 Å². The monoisotopic (exact) mass is 412 g/mol. The highest BCUT2D eigenvalue weighted by atomic mass is 32.2. The Kier molecular flexibility index (Phi) is 6.56. The van der Waals surface area contributed by atoms with E-state index < -0.39 is 17.4 Å². The van der Waals surface area contributed by atoms with E-state index in [9.17, 15) is 14.4 Å². The average molecular weight is 412 g/mol. The molecule has 3 rings (SSSR count). The van der Waals surface area contributed by atoms with E-state index in [1.807, 2.05) is 25.3 Å². The average Bonchev–Trinajstić information content (AvgIpc) is 2.71. The highest BCUT2D eigenvalue weighted by molar-refractivity contribution is 7.97. The largest absolute Gasteiger partial charge is 0.484 e. The number of aryl methyl sites for hydroxylation is 1. The van der Waals surface area contributed by atoms with Gasteiger partial charge in [-0.15, -0.1) is 0 Å². The van der Waals surface area contributed by atoms with Crippen molar-refractivity contribution >= 4 is 34.5 Å². The summed E-state index contributed by atoms with van der Waals surface area (Å²) in [5, 5.41) is 0.789. The molecule has 0 spiro atoms. The summed E-state index contributed by atoms with van der Waals surface area (Å²) in [5.41, 5.74) is 6.94. The molecule has 1 heterocycles. The second kappa shape index (κ2) is 9.29. The molecular weight excluding hydrogens is 392 g/mol. The zero-order chi connectivity index (χ0) is 20.8. The highest BCUT2D eigenvalue weighted by Gasteiger charge is 2.09. The minimum Gasteiger partial charge on any atom is -0.484 e. The van der Waals surface area contributed by atoms with Gasteiger partial charge in [-0.25, -0.2) is 4.79 Å². The van der Waals surface area contributed by atoms with Gasteiger partial charge in [0, 0.05) is 28.8 Å². The first-order chi connectivity index (χ1) is 14.0. The number of carbonyl (C=O) groups excluding carboxylic acids is 2. The van der Waals surface area contributed by atoms with Crippen LogP contribution in [0.25, 0.3) is 11.0 Å². The van der Waals surface area contributed by atoms with Crippen LogP contribution in [0.5, 0.6) is 5.75 Å². The molecule has 3 aromatic rings. The lowest BCUT2D eigenvalue weighted by atomic mass is 10.1. The molecule has 0 saturated heterocycles. The Hall–Kier alpha value is -3.26. The van der Waals surface area contributed by atoms with Crippen LogP contribution in [0.3, 0.4) is 0 Å². The maximum atomic E-state index is 12.1. The number of rotatable bonds is 6.